The van der Waals surface area contributed by atoms with Crippen LogP contribution in [0.2, 0.25) is 0 Å². The summed E-state index contributed by atoms with van der Waals surface area (Å²) in [6, 6.07) is 10.3. The molecular weight excluding hydrogens is 412 g/mol. The minimum absolute atomic E-state index is 0.575. The first-order valence-corrected chi connectivity index (χ1v) is 11.8. The molecule has 1 fully saturated rings. The molecule has 0 unspecified atom stereocenters. The summed E-state index contributed by atoms with van der Waals surface area (Å²) < 4.78 is 3.94. The Morgan fingerprint density at radius 2 is 1.97 bits per heavy atom. The summed E-state index contributed by atoms with van der Waals surface area (Å²) in [5.74, 6) is 0.843. The molecule has 33 heavy (non-hydrogen) atoms. The van der Waals surface area contributed by atoms with Crippen molar-refractivity contribution in [3.63, 3.8) is 0 Å². The second kappa shape index (κ2) is 8.78. The molecule has 0 atom stereocenters. The first-order chi connectivity index (χ1) is 16.3. The van der Waals surface area contributed by atoms with Crippen molar-refractivity contribution >= 4 is 16.6 Å². The van der Waals surface area contributed by atoms with Gasteiger partial charge in [0.25, 0.3) is 0 Å². The van der Waals surface area contributed by atoms with E-state index in [1.807, 2.05) is 35.3 Å². The van der Waals surface area contributed by atoms with Crippen molar-refractivity contribution in [2.75, 3.05) is 6.54 Å². The predicted molar refractivity (Wildman–Crippen MR) is 128 cm³/mol. The van der Waals surface area contributed by atoms with Crippen LogP contribution in [-0.4, -0.2) is 41.1 Å². The van der Waals surface area contributed by atoms with E-state index in [2.05, 4.69) is 54.8 Å². The van der Waals surface area contributed by atoms with Gasteiger partial charge in [-0.25, -0.2) is 9.67 Å². The molecule has 4 heterocycles. The number of nitrogens with one attached hydrogen (secondary N) is 2. The Morgan fingerprint density at radius 1 is 1.03 bits per heavy atom. The normalized spacial score (nSPS) is 15.0. The van der Waals surface area contributed by atoms with E-state index in [1.165, 1.54) is 37.7 Å². The number of pyridine rings is 1. The van der Waals surface area contributed by atoms with E-state index in [1.54, 1.807) is 0 Å². The van der Waals surface area contributed by atoms with Gasteiger partial charge in [0, 0.05) is 29.9 Å². The minimum Gasteiger partial charge on any atom is -0.312 e. The molecule has 0 spiro atoms. The van der Waals surface area contributed by atoms with Gasteiger partial charge in [-0.2, -0.15) is 5.10 Å². The fraction of sp³-hybridized carbons (Fsp3) is 0.360. The van der Waals surface area contributed by atoms with Gasteiger partial charge in [-0.3, -0.25) is 5.10 Å². The Balaban J connectivity index is 1.14. The number of rotatable bonds is 7. The lowest BCUT2D eigenvalue weighted by atomic mass is 9.89. The monoisotopic (exact) mass is 440 g/mol. The van der Waals surface area contributed by atoms with Crippen molar-refractivity contribution in [3.05, 3.63) is 66.4 Å². The van der Waals surface area contributed by atoms with Crippen molar-refractivity contribution in [3.8, 4) is 11.3 Å². The van der Waals surface area contributed by atoms with Crippen molar-refractivity contribution in [2.24, 2.45) is 5.92 Å². The summed E-state index contributed by atoms with van der Waals surface area (Å²) in [5.41, 5.74) is 6.03. The van der Waals surface area contributed by atoms with Crippen LogP contribution in [0.25, 0.3) is 27.8 Å². The number of nitrogens with zero attached hydrogens (tertiary/aromatic N) is 6. The fourth-order valence-corrected chi connectivity index (χ4v) is 4.94. The highest BCUT2D eigenvalue weighted by molar-refractivity contribution is 5.92. The van der Waals surface area contributed by atoms with Gasteiger partial charge in [0.1, 0.15) is 11.3 Å². The lowest BCUT2D eigenvalue weighted by Gasteiger charge is -2.21. The number of imidazole rings is 1. The van der Waals surface area contributed by atoms with Crippen molar-refractivity contribution < 1.29 is 0 Å². The molecule has 0 saturated heterocycles. The highest BCUT2D eigenvalue weighted by atomic mass is 15.4. The summed E-state index contributed by atoms with van der Waals surface area (Å²) >= 11 is 0. The van der Waals surface area contributed by atoms with Gasteiger partial charge in [0.2, 0.25) is 0 Å². The van der Waals surface area contributed by atoms with Crippen molar-refractivity contribution in [2.45, 2.75) is 45.2 Å². The number of hydrogen-bond donors (Lipinski definition) is 2. The third-order valence-corrected chi connectivity index (χ3v) is 6.67. The predicted octanol–water partition coefficient (Wildman–Crippen LogP) is 4.19. The first kappa shape index (κ1) is 20.1. The van der Waals surface area contributed by atoms with E-state index in [0.717, 1.165) is 52.5 Å². The summed E-state index contributed by atoms with van der Waals surface area (Å²) in [6.07, 6.45) is 15.0. The highest BCUT2D eigenvalue weighted by Crippen LogP contribution is 2.25. The summed E-state index contributed by atoms with van der Waals surface area (Å²) in [4.78, 5) is 4.77. The molecule has 0 radical (unpaired) electrons. The second-order valence-corrected chi connectivity index (χ2v) is 9.11. The molecule has 6 rings (SSSR count). The number of hydrogen-bond acceptors (Lipinski definition) is 5. The quantitative estimate of drug-likeness (QED) is 0.396. The van der Waals surface area contributed by atoms with Gasteiger partial charge in [0.15, 0.2) is 0 Å². The van der Waals surface area contributed by atoms with Gasteiger partial charge in [0.05, 0.1) is 30.1 Å². The number of fused-ring (bicyclic) bond motifs is 2. The zero-order valence-electron chi connectivity index (χ0n) is 18.6. The van der Waals surface area contributed by atoms with Crippen LogP contribution in [-0.2, 0) is 13.1 Å². The maximum atomic E-state index is 4.77. The van der Waals surface area contributed by atoms with Crippen LogP contribution in [0.15, 0.2) is 55.1 Å². The summed E-state index contributed by atoms with van der Waals surface area (Å²) in [7, 11) is 0. The minimum atomic E-state index is 0.575. The Labute approximate surface area is 192 Å². The molecule has 8 heteroatoms. The van der Waals surface area contributed by atoms with Crippen molar-refractivity contribution in [1.29, 1.82) is 0 Å². The molecule has 1 aliphatic rings. The molecule has 8 nitrogen and oxygen atoms in total. The molecule has 4 aromatic heterocycles. The number of aromatic nitrogens is 7. The molecule has 1 aliphatic carbocycles. The Bertz CT molecular complexity index is 1370. The third-order valence-electron chi connectivity index (χ3n) is 6.67. The maximum Gasteiger partial charge on any atom is 0.137 e. The van der Waals surface area contributed by atoms with Crippen LogP contribution in [0.1, 0.15) is 43.4 Å². The molecule has 168 valence electrons. The van der Waals surface area contributed by atoms with E-state index >= 15 is 0 Å². The average Bonchev–Trinajstić information content (AvgIpc) is 3.59. The van der Waals surface area contributed by atoms with Crippen molar-refractivity contribution in [1.82, 2.24) is 39.9 Å². The van der Waals surface area contributed by atoms with Gasteiger partial charge in [-0.15, -0.1) is 5.10 Å². The van der Waals surface area contributed by atoms with Crippen LogP contribution in [0.4, 0.5) is 0 Å². The molecular formula is C25H28N8. The van der Waals surface area contributed by atoms with Crippen LogP contribution >= 0.6 is 0 Å². The number of H-pyrrole nitrogens is 1. The molecule has 1 aromatic carbocycles. The molecule has 0 aliphatic heterocycles. The Kier molecular flexibility index (Phi) is 5.35. The number of aromatic amines is 1. The SMILES string of the molecule is c1cc(-c2cn(Cc3cn4cc(CNCC5CCCCC5)ccc4n3)nn2)c2cn[nH]c2c1. The average molecular weight is 441 g/mol. The molecule has 5 aromatic rings. The maximum absolute atomic E-state index is 4.77. The first-order valence-electron chi connectivity index (χ1n) is 11.8. The Hall–Kier alpha value is -3.52. The largest absolute Gasteiger partial charge is 0.312 e. The molecule has 0 amide bonds. The van der Waals surface area contributed by atoms with Crippen LogP contribution in [0.5, 0.6) is 0 Å². The van der Waals surface area contributed by atoms with Gasteiger partial charge in [-0.05, 0) is 43.0 Å². The lowest BCUT2D eigenvalue weighted by Crippen LogP contribution is -2.24. The summed E-state index contributed by atoms with van der Waals surface area (Å²) in [5, 5.41) is 20.5. The van der Waals surface area contributed by atoms with Crippen LogP contribution in [0.3, 0.4) is 0 Å². The zero-order valence-corrected chi connectivity index (χ0v) is 18.6. The van der Waals surface area contributed by atoms with E-state index in [0.29, 0.717) is 6.54 Å². The zero-order chi connectivity index (χ0) is 22.0. The molecule has 0 bridgehead atoms. The fourth-order valence-electron chi connectivity index (χ4n) is 4.94. The second-order valence-electron chi connectivity index (χ2n) is 9.11. The topological polar surface area (TPSA) is 88.7 Å². The third kappa shape index (κ3) is 4.26. The van der Waals surface area contributed by atoms with Gasteiger partial charge >= 0.3 is 0 Å². The smallest absolute Gasteiger partial charge is 0.137 e. The van der Waals surface area contributed by atoms with E-state index in [4.69, 9.17) is 4.98 Å². The van der Waals surface area contributed by atoms with E-state index in [9.17, 15) is 0 Å². The lowest BCUT2D eigenvalue weighted by molar-refractivity contribution is 0.342. The summed E-state index contributed by atoms with van der Waals surface area (Å²) in [6.45, 7) is 2.59. The number of benzene rings is 1. The van der Waals surface area contributed by atoms with Gasteiger partial charge in [-0.1, -0.05) is 42.7 Å². The van der Waals surface area contributed by atoms with E-state index < -0.39 is 0 Å². The van der Waals surface area contributed by atoms with Gasteiger partial charge < -0.3 is 9.72 Å². The van der Waals surface area contributed by atoms with Crippen LogP contribution < -0.4 is 5.32 Å². The standard InChI is InChI=1S/C25H28N8/c1-2-5-18(6-3-1)11-26-12-19-9-10-25-28-20(15-32(25)14-19)16-33-17-24(30-31-33)21-7-4-8-23-22(21)13-27-29-23/h4,7-10,13-15,17-18,26H,1-3,5-6,11-12,16H2,(H,27,29). The van der Waals surface area contributed by atoms with E-state index in [-0.39, 0.29) is 0 Å². The highest BCUT2D eigenvalue weighted by Gasteiger charge is 2.13. The Morgan fingerprint density at radius 3 is 2.91 bits per heavy atom. The van der Waals surface area contributed by atoms with Crippen LogP contribution in [0, 0.1) is 5.92 Å². The molecule has 1 saturated carbocycles. The molecule has 2 N–H and O–H groups in total.